The van der Waals surface area contributed by atoms with Crippen molar-refractivity contribution >= 4 is 29.3 Å². The number of carbonyl (C=O) groups excluding carboxylic acids is 1. The first kappa shape index (κ1) is 14.9. The van der Waals surface area contributed by atoms with Crippen molar-refractivity contribution in [2.24, 2.45) is 0 Å². The molecule has 0 unspecified atom stereocenters. The number of carboxylic acid groups (broad SMARTS) is 1. The first-order chi connectivity index (χ1) is 10.1. The second-order valence-corrected chi connectivity index (χ2v) is 5.21. The van der Waals surface area contributed by atoms with Gasteiger partial charge in [-0.2, -0.15) is 0 Å². The molecule has 1 amide bonds. The van der Waals surface area contributed by atoms with E-state index in [4.69, 9.17) is 5.11 Å². The molecule has 0 saturated heterocycles. The van der Waals surface area contributed by atoms with E-state index in [-0.39, 0.29) is 5.91 Å². The number of thiophene rings is 1. The van der Waals surface area contributed by atoms with Gasteiger partial charge in [0.15, 0.2) is 0 Å². The zero-order valence-electron chi connectivity index (χ0n) is 11.1. The van der Waals surface area contributed by atoms with Gasteiger partial charge >= 0.3 is 5.97 Å². The highest BCUT2D eigenvalue weighted by molar-refractivity contribution is 7.10. The molecule has 21 heavy (non-hydrogen) atoms. The number of hydrogen-bond donors (Lipinski definition) is 2. The van der Waals surface area contributed by atoms with E-state index in [1.54, 1.807) is 17.1 Å². The summed E-state index contributed by atoms with van der Waals surface area (Å²) in [4.78, 5) is 23.1. The summed E-state index contributed by atoms with van der Waals surface area (Å²) in [6.07, 6.45) is 6.21. The lowest BCUT2D eigenvalue weighted by Crippen LogP contribution is -2.23. The lowest BCUT2D eigenvalue weighted by Gasteiger charge is -2.03. The van der Waals surface area contributed by atoms with Crippen molar-refractivity contribution in [3.05, 3.63) is 40.4 Å². The standard InChI is InChI=1S/C13H14N4O3S/c18-12(3-5-17-6-4-15-16-17)14-8-11-7-10(9-21-11)1-2-13(19)20/h1-2,4,6-7,9H,3,5,8H2,(H,14,18)(H,19,20). The van der Waals surface area contributed by atoms with Gasteiger partial charge in [-0.3, -0.25) is 9.48 Å². The molecule has 2 rings (SSSR count). The van der Waals surface area contributed by atoms with Gasteiger partial charge in [0.25, 0.3) is 0 Å². The predicted molar refractivity (Wildman–Crippen MR) is 77.5 cm³/mol. The second kappa shape index (κ2) is 7.34. The maximum absolute atomic E-state index is 11.7. The molecular weight excluding hydrogens is 292 g/mol. The van der Waals surface area contributed by atoms with Crippen molar-refractivity contribution in [3.63, 3.8) is 0 Å². The number of hydrogen-bond acceptors (Lipinski definition) is 5. The van der Waals surface area contributed by atoms with Crippen LogP contribution < -0.4 is 5.32 Å². The molecule has 2 aromatic heterocycles. The lowest BCUT2D eigenvalue weighted by molar-refractivity contribution is -0.131. The Bertz CT molecular complexity index is 634. The Kier molecular flexibility index (Phi) is 5.22. The van der Waals surface area contributed by atoms with Crippen molar-refractivity contribution in [3.8, 4) is 0 Å². The summed E-state index contributed by atoms with van der Waals surface area (Å²) in [5.41, 5.74) is 0.814. The average molecular weight is 306 g/mol. The zero-order chi connectivity index (χ0) is 15.1. The Labute approximate surface area is 124 Å². The molecule has 0 saturated carbocycles. The molecule has 2 heterocycles. The number of aryl methyl sites for hydroxylation is 1. The fourth-order valence-electron chi connectivity index (χ4n) is 1.59. The number of carboxylic acids is 1. The van der Waals surface area contributed by atoms with E-state index in [0.717, 1.165) is 16.5 Å². The predicted octanol–water partition coefficient (Wildman–Crippen LogP) is 1.14. The Morgan fingerprint density at radius 1 is 1.48 bits per heavy atom. The van der Waals surface area contributed by atoms with E-state index in [2.05, 4.69) is 15.6 Å². The Morgan fingerprint density at radius 3 is 3.05 bits per heavy atom. The first-order valence-corrected chi connectivity index (χ1v) is 7.10. The molecule has 0 aliphatic carbocycles. The minimum atomic E-state index is -0.982. The number of nitrogens with zero attached hydrogens (tertiary/aromatic N) is 3. The molecule has 0 aliphatic rings. The van der Waals surface area contributed by atoms with Crippen LogP contribution in [0.2, 0.25) is 0 Å². The Balaban J connectivity index is 1.75. The molecule has 0 bridgehead atoms. The van der Waals surface area contributed by atoms with Crippen molar-refractivity contribution in [1.29, 1.82) is 0 Å². The van der Waals surface area contributed by atoms with Crippen LogP contribution in [0.1, 0.15) is 16.9 Å². The van der Waals surface area contributed by atoms with E-state index >= 15 is 0 Å². The minimum absolute atomic E-state index is 0.0680. The van der Waals surface area contributed by atoms with Gasteiger partial charge in [-0.05, 0) is 23.1 Å². The van der Waals surface area contributed by atoms with Crippen LogP contribution in [0.15, 0.2) is 29.9 Å². The van der Waals surface area contributed by atoms with Crippen molar-refractivity contribution in [2.75, 3.05) is 0 Å². The highest BCUT2D eigenvalue weighted by Gasteiger charge is 2.04. The molecule has 0 aromatic carbocycles. The molecule has 2 N–H and O–H groups in total. The Hall–Kier alpha value is -2.48. The van der Waals surface area contributed by atoms with E-state index in [9.17, 15) is 9.59 Å². The molecule has 0 fully saturated rings. The minimum Gasteiger partial charge on any atom is -0.478 e. The summed E-state index contributed by atoms with van der Waals surface area (Å²) < 4.78 is 1.60. The molecule has 110 valence electrons. The topological polar surface area (TPSA) is 97.1 Å². The third-order valence-corrected chi connectivity index (χ3v) is 3.55. The van der Waals surface area contributed by atoms with Crippen molar-refractivity contribution < 1.29 is 14.7 Å². The molecule has 0 spiro atoms. The van der Waals surface area contributed by atoms with Gasteiger partial charge in [0, 0.05) is 23.6 Å². The third-order valence-electron chi connectivity index (χ3n) is 2.59. The maximum Gasteiger partial charge on any atom is 0.328 e. The number of aliphatic carboxylic acids is 1. The molecule has 8 heteroatoms. The molecular formula is C13H14N4O3S. The van der Waals surface area contributed by atoms with Gasteiger partial charge in [0.2, 0.25) is 5.91 Å². The summed E-state index contributed by atoms with van der Waals surface area (Å²) in [6, 6.07) is 1.85. The molecule has 0 atom stereocenters. The summed E-state index contributed by atoms with van der Waals surface area (Å²) in [7, 11) is 0. The number of amides is 1. The smallest absolute Gasteiger partial charge is 0.328 e. The summed E-state index contributed by atoms with van der Waals surface area (Å²) in [6.45, 7) is 0.921. The van der Waals surface area contributed by atoms with Crippen LogP contribution in [0, 0.1) is 0 Å². The van der Waals surface area contributed by atoms with Crippen LogP contribution in [-0.4, -0.2) is 32.0 Å². The van der Waals surface area contributed by atoms with Crippen molar-refractivity contribution in [1.82, 2.24) is 20.3 Å². The fourth-order valence-corrected chi connectivity index (χ4v) is 2.38. The van der Waals surface area contributed by atoms with E-state index in [1.807, 2.05) is 11.4 Å². The third kappa shape index (κ3) is 5.19. The van der Waals surface area contributed by atoms with Crippen LogP contribution in [0.25, 0.3) is 6.08 Å². The molecule has 0 radical (unpaired) electrons. The number of nitrogens with one attached hydrogen (secondary N) is 1. The van der Waals surface area contributed by atoms with Gasteiger partial charge in [-0.25, -0.2) is 4.79 Å². The quantitative estimate of drug-likeness (QED) is 0.748. The Morgan fingerprint density at radius 2 is 2.33 bits per heavy atom. The average Bonchev–Trinajstić information content (AvgIpc) is 3.12. The zero-order valence-corrected chi connectivity index (χ0v) is 11.9. The highest BCUT2D eigenvalue weighted by Crippen LogP contribution is 2.15. The summed E-state index contributed by atoms with van der Waals surface area (Å²) >= 11 is 1.47. The van der Waals surface area contributed by atoms with Crippen molar-refractivity contribution in [2.45, 2.75) is 19.5 Å². The van der Waals surface area contributed by atoms with Gasteiger partial charge in [-0.15, -0.1) is 16.4 Å². The normalized spacial score (nSPS) is 10.9. The largest absolute Gasteiger partial charge is 0.478 e. The van der Waals surface area contributed by atoms with Gasteiger partial charge in [-0.1, -0.05) is 5.21 Å². The van der Waals surface area contributed by atoms with E-state index in [1.165, 1.54) is 17.4 Å². The SMILES string of the molecule is O=C(O)C=Cc1csc(CNC(=O)CCn2ccnn2)c1. The van der Waals surface area contributed by atoms with Gasteiger partial charge < -0.3 is 10.4 Å². The number of aromatic nitrogens is 3. The maximum atomic E-state index is 11.7. The van der Waals surface area contributed by atoms with E-state index in [0.29, 0.717) is 19.5 Å². The van der Waals surface area contributed by atoms with Gasteiger partial charge in [0.1, 0.15) is 0 Å². The van der Waals surface area contributed by atoms with Crippen LogP contribution in [0.5, 0.6) is 0 Å². The summed E-state index contributed by atoms with van der Waals surface area (Å²) in [5.74, 6) is -1.05. The van der Waals surface area contributed by atoms with Gasteiger partial charge in [0.05, 0.1) is 19.3 Å². The molecule has 0 aliphatic heterocycles. The van der Waals surface area contributed by atoms with Crippen LogP contribution in [0.4, 0.5) is 0 Å². The van der Waals surface area contributed by atoms with E-state index < -0.39 is 5.97 Å². The number of rotatable bonds is 7. The highest BCUT2D eigenvalue weighted by atomic mass is 32.1. The molecule has 2 aromatic rings. The lowest BCUT2D eigenvalue weighted by atomic mass is 10.3. The fraction of sp³-hybridized carbons (Fsp3) is 0.231. The first-order valence-electron chi connectivity index (χ1n) is 6.23. The number of carbonyl (C=O) groups is 2. The summed E-state index contributed by atoms with van der Waals surface area (Å²) in [5, 5.41) is 20.6. The van der Waals surface area contributed by atoms with Crippen LogP contribution in [-0.2, 0) is 22.7 Å². The monoisotopic (exact) mass is 306 g/mol. The second-order valence-electron chi connectivity index (χ2n) is 4.21. The molecule has 7 nitrogen and oxygen atoms in total. The van der Waals surface area contributed by atoms with Crippen LogP contribution in [0.3, 0.4) is 0 Å². The van der Waals surface area contributed by atoms with Crippen LogP contribution >= 0.6 is 11.3 Å².